The minimum atomic E-state index is -0.568. The van der Waals surface area contributed by atoms with Crippen LogP contribution in [0.5, 0.6) is 5.75 Å². The average Bonchev–Trinajstić information content (AvgIpc) is 3.22. The fourth-order valence-electron chi connectivity index (χ4n) is 5.40. The number of morpholine rings is 1. The maximum Gasteiger partial charge on any atom is 0.272 e. The van der Waals surface area contributed by atoms with Crippen LogP contribution in [0.15, 0.2) is 36.8 Å². The molecule has 2 aromatic rings. The summed E-state index contributed by atoms with van der Waals surface area (Å²) in [5.41, 5.74) is 0.362. The van der Waals surface area contributed by atoms with Crippen molar-refractivity contribution in [3.05, 3.63) is 53.9 Å². The van der Waals surface area contributed by atoms with E-state index in [1.54, 1.807) is 29.3 Å². The molecule has 3 fully saturated rings. The number of carbonyl (C=O) groups excluding carboxylic acids is 1. The lowest BCUT2D eigenvalue weighted by atomic mass is 9.83. The first-order valence-corrected chi connectivity index (χ1v) is 10.4. The molecule has 3 saturated heterocycles. The van der Waals surface area contributed by atoms with Crippen LogP contribution in [0.4, 0.5) is 4.39 Å². The Morgan fingerprint density at radius 1 is 1.35 bits per heavy atom. The summed E-state index contributed by atoms with van der Waals surface area (Å²) in [5, 5.41) is 10.1. The number of methoxy groups -OCH3 is 1. The number of aliphatic hydroxyl groups is 1. The number of rotatable bonds is 5. The summed E-state index contributed by atoms with van der Waals surface area (Å²) in [7, 11) is 1.51. The molecule has 3 aliphatic heterocycles. The molecule has 0 radical (unpaired) electrons. The van der Waals surface area contributed by atoms with E-state index in [9.17, 15) is 14.3 Å². The summed E-state index contributed by atoms with van der Waals surface area (Å²) in [6, 6.07) is 6.48. The summed E-state index contributed by atoms with van der Waals surface area (Å²) in [6.07, 6.45) is 2.77. The Balaban J connectivity index is 1.37. The van der Waals surface area contributed by atoms with Crippen LogP contribution in [0.1, 0.15) is 16.1 Å². The quantitative estimate of drug-likeness (QED) is 0.759. The van der Waals surface area contributed by atoms with Crippen molar-refractivity contribution in [3.63, 3.8) is 0 Å². The number of aromatic nitrogens is 2. The van der Waals surface area contributed by atoms with E-state index in [0.29, 0.717) is 49.7 Å². The van der Waals surface area contributed by atoms with Crippen LogP contribution < -0.4 is 4.74 Å². The number of hydrogen-bond acceptors (Lipinski definition) is 7. The van der Waals surface area contributed by atoms with E-state index < -0.39 is 5.60 Å². The third kappa shape index (κ3) is 3.46. The van der Waals surface area contributed by atoms with Gasteiger partial charge in [-0.2, -0.15) is 0 Å². The van der Waals surface area contributed by atoms with Crippen molar-refractivity contribution in [3.8, 4) is 5.75 Å². The normalized spacial score (nSPS) is 29.8. The third-order valence-electron chi connectivity index (χ3n) is 6.81. The lowest BCUT2D eigenvalue weighted by Gasteiger charge is -2.40. The fourth-order valence-corrected chi connectivity index (χ4v) is 5.40. The van der Waals surface area contributed by atoms with E-state index >= 15 is 0 Å². The number of hydrogen-bond donors (Lipinski definition) is 1. The summed E-state index contributed by atoms with van der Waals surface area (Å²) in [5.74, 6) is -0.0239. The molecule has 1 aromatic carbocycles. The number of halogens is 1. The second kappa shape index (κ2) is 7.81. The molecule has 164 valence electrons. The van der Waals surface area contributed by atoms with E-state index in [4.69, 9.17) is 9.47 Å². The molecule has 1 amide bonds. The molecule has 0 saturated carbocycles. The standard InChI is InChI=1S/C22H25FN4O4/c1-30-15-3-2-14(18(23)6-15)7-26-9-20-16(10-28)17-8-27(12-22(17,11-26)31-20)21(29)19-4-5-24-13-25-19/h2-6,13,16-17,20,28H,7-12H2,1H3/t16-,17+,20+,22+/m0/s1. The van der Waals surface area contributed by atoms with Crippen molar-refractivity contribution in [2.24, 2.45) is 11.8 Å². The van der Waals surface area contributed by atoms with Crippen LogP contribution in [0, 0.1) is 17.7 Å². The van der Waals surface area contributed by atoms with Crippen LogP contribution in [0.2, 0.25) is 0 Å². The van der Waals surface area contributed by atoms with Crippen molar-refractivity contribution in [1.82, 2.24) is 19.8 Å². The van der Waals surface area contributed by atoms with Gasteiger partial charge in [0.15, 0.2) is 0 Å². The highest BCUT2D eigenvalue weighted by molar-refractivity contribution is 5.92. The third-order valence-corrected chi connectivity index (χ3v) is 6.81. The van der Waals surface area contributed by atoms with Gasteiger partial charge in [0, 0.05) is 62.4 Å². The molecule has 1 spiro atoms. The number of nitrogens with zero attached hydrogens (tertiary/aromatic N) is 4. The van der Waals surface area contributed by atoms with Gasteiger partial charge in [0.05, 0.1) is 19.8 Å². The monoisotopic (exact) mass is 428 g/mol. The largest absolute Gasteiger partial charge is 0.497 e. The van der Waals surface area contributed by atoms with Gasteiger partial charge in [0.25, 0.3) is 5.91 Å². The second-order valence-electron chi connectivity index (χ2n) is 8.58. The van der Waals surface area contributed by atoms with Crippen molar-refractivity contribution in [1.29, 1.82) is 0 Å². The number of fused-ring (bicyclic) bond motifs is 1. The molecule has 9 heteroatoms. The summed E-state index contributed by atoms with van der Waals surface area (Å²) in [4.78, 5) is 24.8. The molecular weight excluding hydrogens is 403 g/mol. The Kier molecular flexibility index (Phi) is 5.11. The molecule has 0 unspecified atom stereocenters. The van der Waals surface area contributed by atoms with Crippen LogP contribution >= 0.6 is 0 Å². The molecule has 4 heterocycles. The second-order valence-corrected chi connectivity index (χ2v) is 8.58. The summed E-state index contributed by atoms with van der Waals surface area (Å²) < 4.78 is 26.0. The first-order valence-electron chi connectivity index (χ1n) is 10.4. The number of amides is 1. The SMILES string of the molecule is COc1ccc(CN2C[C@H]3O[C@]4(C2)CN(C(=O)c2ccncn2)C[C@@H]4[C@@H]3CO)c(F)c1. The van der Waals surface area contributed by atoms with Gasteiger partial charge < -0.3 is 19.5 Å². The van der Waals surface area contributed by atoms with Crippen LogP contribution in [-0.4, -0.2) is 82.4 Å². The van der Waals surface area contributed by atoms with Crippen LogP contribution in [0.3, 0.4) is 0 Å². The van der Waals surface area contributed by atoms with Gasteiger partial charge in [0.1, 0.15) is 29.2 Å². The van der Waals surface area contributed by atoms with Gasteiger partial charge in [0.2, 0.25) is 0 Å². The Morgan fingerprint density at radius 3 is 2.94 bits per heavy atom. The van der Waals surface area contributed by atoms with E-state index in [2.05, 4.69) is 14.9 Å². The van der Waals surface area contributed by atoms with Crippen molar-refractivity contribution in [2.75, 3.05) is 39.9 Å². The first kappa shape index (κ1) is 20.3. The summed E-state index contributed by atoms with van der Waals surface area (Å²) >= 11 is 0. The molecule has 3 aliphatic rings. The van der Waals surface area contributed by atoms with Gasteiger partial charge >= 0.3 is 0 Å². The number of carbonyl (C=O) groups is 1. The lowest BCUT2D eigenvalue weighted by molar-refractivity contribution is -0.118. The minimum absolute atomic E-state index is 0.00262. The maximum absolute atomic E-state index is 14.5. The van der Waals surface area contributed by atoms with E-state index in [1.165, 1.54) is 19.5 Å². The number of aliphatic hydroxyl groups excluding tert-OH is 1. The topological polar surface area (TPSA) is 88.0 Å². The molecule has 31 heavy (non-hydrogen) atoms. The predicted octanol–water partition coefficient (Wildman–Crippen LogP) is 0.958. The molecule has 1 N–H and O–H groups in total. The molecule has 0 aliphatic carbocycles. The fraction of sp³-hybridized carbons (Fsp3) is 0.500. The van der Waals surface area contributed by atoms with Crippen molar-refractivity contribution < 1.29 is 23.8 Å². The van der Waals surface area contributed by atoms with Crippen LogP contribution in [0.25, 0.3) is 0 Å². The Morgan fingerprint density at radius 2 is 2.23 bits per heavy atom. The number of ether oxygens (including phenoxy) is 2. The Labute approximate surface area is 179 Å². The number of likely N-dealkylation sites (tertiary alicyclic amines) is 2. The van der Waals surface area contributed by atoms with E-state index in [1.807, 2.05) is 0 Å². The zero-order valence-electron chi connectivity index (χ0n) is 17.3. The molecule has 2 bridgehead atoms. The molecular formula is C22H25FN4O4. The molecule has 5 rings (SSSR count). The van der Waals surface area contributed by atoms with E-state index in [-0.39, 0.29) is 36.3 Å². The highest BCUT2D eigenvalue weighted by atomic mass is 19.1. The molecule has 8 nitrogen and oxygen atoms in total. The Hall–Kier alpha value is -2.62. The maximum atomic E-state index is 14.5. The van der Waals surface area contributed by atoms with Gasteiger partial charge in [-0.15, -0.1) is 0 Å². The zero-order valence-corrected chi connectivity index (χ0v) is 17.3. The summed E-state index contributed by atoms with van der Waals surface area (Å²) in [6.45, 7) is 2.56. The van der Waals surface area contributed by atoms with Gasteiger partial charge in [-0.3, -0.25) is 9.69 Å². The van der Waals surface area contributed by atoms with E-state index in [0.717, 1.165) is 0 Å². The molecule has 1 aromatic heterocycles. The van der Waals surface area contributed by atoms with Crippen molar-refractivity contribution in [2.45, 2.75) is 18.2 Å². The number of benzene rings is 1. The molecule has 4 atom stereocenters. The first-order chi connectivity index (χ1) is 15.0. The Bertz CT molecular complexity index is 977. The minimum Gasteiger partial charge on any atom is -0.497 e. The highest BCUT2D eigenvalue weighted by Gasteiger charge is 2.62. The highest BCUT2D eigenvalue weighted by Crippen LogP contribution is 2.49. The average molecular weight is 428 g/mol. The van der Waals surface area contributed by atoms with Gasteiger partial charge in [-0.05, 0) is 12.1 Å². The smallest absolute Gasteiger partial charge is 0.272 e. The van der Waals surface area contributed by atoms with Gasteiger partial charge in [-0.1, -0.05) is 6.07 Å². The predicted molar refractivity (Wildman–Crippen MR) is 108 cm³/mol. The van der Waals surface area contributed by atoms with Gasteiger partial charge in [-0.25, -0.2) is 14.4 Å². The zero-order chi connectivity index (χ0) is 21.6. The van der Waals surface area contributed by atoms with Crippen molar-refractivity contribution >= 4 is 5.91 Å². The van der Waals surface area contributed by atoms with Crippen LogP contribution in [-0.2, 0) is 11.3 Å². The lowest BCUT2D eigenvalue weighted by Crippen LogP contribution is -2.54.